The SMILES string of the molecule is CCc1cccc(NC(=O)c2cc3cc4cc(C)ccc4nc3s2)c1. The van der Waals surface area contributed by atoms with Gasteiger partial charge in [0.25, 0.3) is 5.91 Å². The Morgan fingerprint density at radius 2 is 1.96 bits per heavy atom. The average molecular weight is 346 g/mol. The third-order valence-corrected chi connectivity index (χ3v) is 5.32. The van der Waals surface area contributed by atoms with Gasteiger partial charge in [0.05, 0.1) is 10.4 Å². The van der Waals surface area contributed by atoms with E-state index in [1.165, 1.54) is 22.5 Å². The van der Waals surface area contributed by atoms with E-state index in [1.54, 1.807) is 0 Å². The monoisotopic (exact) mass is 346 g/mol. The van der Waals surface area contributed by atoms with Gasteiger partial charge < -0.3 is 5.32 Å². The molecular formula is C21H18N2OS. The van der Waals surface area contributed by atoms with Crippen LogP contribution in [0.25, 0.3) is 21.1 Å². The first-order valence-corrected chi connectivity index (χ1v) is 9.15. The van der Waals surface area contributed by atoms with E-state index in [-0.39, 0.29) is 5.91 Å². The van der Waals surface area contributed by atoms with E-state index in [2.05, 4.69) is 43.4 Å². The number of benzene rings is 2. The van der Waals surface area contributed by atoms with E-state index in [0.717, 1.165) is 33.2 Å². The molecule has 0 aliphatic rings. The molecule has 4 rings (SSSR count). The first-order chi connectivity index (χ1) is 12.1. The molecule has 0 atom stereocenters. The number of pyridine rings is 1. The van der Waals surface area contributed by atoms with Crippen molar-refractivity contribution in [3.63, 3.8) is 0 Å². The molecule has 2 aromatic heterocycles. The standard InChI is InChI=1S/C21H18N2OS/c1-3-14-5-4-6-17(10-14)22-20(24)19-12-16-11-15-9-13(2)7-8-18(15)23-21(16)25-19/h4-12H,3H2,1-2H3,(H,22,24). The highest BCUT2D eigenvalue weighted by atomic mass is 32.1. The highest BCUT2D eigenvalue weighted by Gasteiger charge is 2.12. The average Bonchev–Trinajstić information content (AvgIpc) is 3.03. The second-order valence-corrected chi connectivity index (χ2v) is 7.23. The number of rotatable bonds is 3. The molecule has 0 aliphatic carbocycles. The van der Waals surface area contributed by atoms with Crippen molar-refractivity contribution in [1.82, 2.24) is 4.98 Å². The summed E-state index contributed by atoms with van der Waals surface area (Å²) >= 11 is 1.43. The summed E-state index contributed by atoms with van der Waals surface area (Å²) in [6.07, 6.45) is 0.947. The molecule has 1 N–H and O–H groups in total. The fraction of sp³-hybridized carbons (Fsp3) is 0.143. The first-order valence-electron chi connectivity index (χ1n) is 8.33. The molecule has 2 aromatic carbocycles. The van der Waals surface area contributed by atoms with Crippen molar-refractivity contribution < 1.29 is 4.79 Å². The normalized spacial score (nSPS) is 11.1. The van der Waals surface area contributed by atoms with Crippen LogP contribution < -0.4 is 5.32 Å². The van der Waals surface area contributed by atoms with Gasteiger partial charge in [0.2, 0.25) is 0 Å². The van der Waals surface area contributed by atoms with Crippen LogP contribution in [0, 0.1) is 6.92 Å². The molecule has 25 heavy (non-hydrogen) atoms. The predicted molar refractivity (Wildman–Crippen MR) is 106 cm³/mol. The molecule has 4 aromatic rings. The lowest BCUT2D eigenvalue weighted by Crippen LogP contribution is -2.10. The van der Waals surface area contributed by atoms with E-state index >= 15 is 0 Å². The first kappa shape index (κ1) is 15.8. The summed E-state index contributed by atoms with van der Waals surface area (Å²) < 4.78 is 0. The number of fused-ring (bicyclic) bond motifs is 2. The molecule has 0 fully saturated rings. The smallest absolute Gasteiger partial charge is 0.265 e. The zero-order valence-electron chi connectivity index (χ0n) is 14.2. The highest BCUT2D eigenvalue weighted by Crippen LogP contribution is 2.28. The number of carbonyl (C=O) groups is 1. The third-order valence-electron chi connectivity index (χ3n) is 4.27. The van der Waals surface area contributed by atoms with Gasteiger partial charge in [-0.15, -0.1) is 11.3 Å². The molecule has 0 radical (unpaired) electrons. The molecule has 1 amide bonds. The van der Waals surface area contributed by atoms with Gasteiger partial charge in [-0.1, -0.05) is 30.7 Å². The summed E-state index contributed by atoms with van der Waals surface area (Å²) in [4.78, 5) is 18.9. The van der Waals surface area contributed by atoms with Crippen LogP contribution in [0.5, 0.6) is 0 Å². The molecule has 4 heteroatoms. The van der Waals surface area contributed by atoms with Gasteiger partial charge >= 0.3 is 0 Å². The summed E-state index contributed by atoms with van der Waals surface area (Å²) in [5.41, 5.74) is 4.20. The minimum Gasteiger partial charge on any atom is -0.321 e. The predicted octanol–water partition coefficient (Wildman–Crippen LogP) is 5.57. The second kappa shape index (κ2) is 6.30. The lowest BCUT2D eigenvalue weighted by molar-refractivity contribution is 0.103. The topological polar surface area (TPSA) is 42.0 Å². The summed E-state index contributed by atoms with van der Waals surface area (Å²) in [6.45, 7) is 4.17. The Kier molecular flexibility index (Phi) is 3.98. The van der Waals surface area contributed by atoms with Crippen LogP contribution in [0.1, 0.15) is 27.7 Å². The number of hydrogen-bond acceptors (Lipinski definition) is 3. The van der Waals surface area contributed by atoms with Crippen molar-refractivity contribution in [2.75, 3.05) is 5.32 Å². The van der Waals surface area contributed by atoms with Crippen LogP contribution in [0.3, 0.4) is 0 Å². The summed E-state index contributed by atoms with van der Waals surface area (Å²) in [7, 11) is 0. The van der Waals surface area contributed by atoms with Crippen molar-refractivity contribution in [2.45, 2.75) is 20.3 Å². The molecule has 0 bridgehead atoms. The maximum atomic E-state index is 12.6. The number of carbonyl (C=O) groups excluding carboxylic acids is 1. The van der Waals surface area contributed by atoms with E-state index < -0.39 is 0 Å². The van der Waals surface area contributed by atoms with E-state index in [0.29, 0.717) is 4.88 Å². The Bertz CT molecular complexity index is 1100. The molecule has 0 saturated heterocycles. The van der Waals surface area contributed by atoms with Crippen molar-refractivity contribution in [1.29, 1.82) is 0 Å². The number of aromatic nitrogens is 1. The summed E-state index contributed by atoms with van der Waals surface area (Å²) in [6, 6.07) is 18.2. The quantitative estimate of drug-likeness (QED) is 0.527. The minimum atomic E-state index is -0.0866. The van der Waals surface area contributed by atoms with Crippen LogP contribution in [0.2, 0.25) is 0 Å². The fourth-order valence-electron chi connectivity index (χ4n) is 2.93. The Morgan fingerprint density at radius 1 is 1.08 bits per heavy atom. The van der Waals surface area contributed by atoms with E-state index in [1.807, 2.05) is 30.3 Å². The minimum absolute atomic E-state index is 0.0866. The Hall–Kier alpha value is -2.72. The number of anilines is 1. The van der Waals surface area contributed by atoms with Crippen molar-refractivity contribution in [3.05, 3.63) is 70.6 Å². The molecule has 124 valence electrons. The number of amides is 1. The van der Waals surface area contributed by atoms with Crippen LogP contribution in [0.4, 0.5) is 5.69 Å². The van der Waals surface area contributed by atoms with E-state index in [9.17, 15) is 4.79 Å². The maximum Gasteiger partial charge on any atom is 0.265 e. The molecule has 0 spiro atoms. The highest BCUT2D eigenvalue weighted by molar-refractivity contribution is 7.20. The lowest BCUT2D eigenvalue weighted by Gasteiger charge is -2.05. The van der Waals surface area contributed by atoms with Crippen LogP contribution in [-0.4, -0.2) is 10.9 Å². The number of aryl methyl sites for hydroxylation is 2. The third kappa shape index (κ3) is 3.13. The molecule has 0 aliphatic heterocycles. The molecule has 2 heterocycles. The zero-order valence-corrected chi connectivity index (χ0v) is 15.0. The number of nitrogens with one attached hydrogen (secondary N) is 1. The molecule has 0 saturated carbocycles. The Labute approximate surface area is 150 Å². The summed E-state index contributed by atoms with van der Waals surface area (Å²) in [5.74, 6) is -0.0866. The second-order valence-electron chi connectivity index (χ2n) is 6.20. The molecule has 3 nitrogen and oxygen atoms in total. The van der Waals surface area contributed by atoms with Gasteiger partial charge in [0.1, 0.15) is 4.83 Å². The van der Waals surface area contributed by atoms with Gasteiger partial charge in [0, 0.05) is 16.5 Å². The van der Waals surface area contributed by atoms with Crippen molar-refractivity contribution in [2.24, 2.45) is 0 Å². The van der Waals surface area contributed by atoms with Crippen molar-refractivity contribution in [3.8, 4) is 0 Å². The zero-order chi connectivity index (χ0) is 17.4. The maximum absolute atomic E-state index is 12.6. The van der Waals surface area contributed by atoms with Crippen LogP contribution >= 0.6 is 11.3 Å². The Morgan fingerprint density at radius 3 is 2.80 bits per heavy atom. The van der Waals surface area contributed by atoms with Gasteiger partial charge in [-0.25, -0.2) is 4.98 Å². The number of thiophene rings is 1. The van der Waals surface area contributed by atoms with Gasteiger partial charge in [-0.05, 0) is 55.3 Å². The number of nitrogens with zero attached hydrogens (tertiary/aromatic N) is 1. The molecule has 0 unspecified atom stereocenters. The van der Waals surface area contributed by atoms with Gasteiger partial charge in [0.15, 0.2) is 0 Å². The fourth-order valence-corrected chi connectivity index (χ4v) is 3.85. The van der Waals surface area contributed by atoms with Crippen molar-refractivity contribution >= 4 is 44.1 Å². The van der Waals surface area contributed by atoms with Crippen LogP contribution in [-0.2, 0) is 6.42 Å². The largest absolute Gasteiger partial charge is 0.321 e. The van der Waals surface area contributed by atoms with Gasteiger partial charge in [-0.2, -0.15) is 0 Å². The molecular weight excluding hydrogens is 328 g/mol. The van der Waals surface area contributed by atoms with Crippen LogP contribution in [0.15, 0.2) is 54.6 Å². The van der Waals surface area contributed by atoms with E-state index in [4.69, 9.17) is 4.98 Å². The van der Waals surface area contributed by atoms with Gasteiger partial charge in [-0.3, -0.25) is 4.79 Å². The number of hydrogen-bond donors (Lipinski definition) is 1. The Balaban J connectivity index is 1.68. The lowest BCUT2D eigenvalue weighted by atomic mass is 10.1. The summed E-state index contributed by atoms with van der Waals surface area (Å²) in [5, 5.41) is 5.10.